The molecule has 1 saturated heterocycles. The van der Waals surface area contributed by atoms with Gasteiger partial charge in [-0.2, -0.15) is 0 Å². The predicted octanol–water partition coefficient (Wildman–Crippen LogP) is 0.672. The Morgan fingerprint density at radius 2 is 1.71 bits per heavy atom. The second kappa shape index (κ2) is 4.17. The largest absolute Gasteiger partial charge is 0.351 e. The van der Waals surface area contributed by atoms with Gasteiger partial charge in [0.15, 0.2) is 0 Å². The lowest BCUT2D eigenvalue weighted by Crippen LogP contribution is -2.50. The lowest BCUT2D eigenvalue weighted by atomic mass is 9.91. The van der Waals surface area contributed by atoms with E-state index in [1.165, 1.54) is 19.3 Å². The molecule has 0 atom stereocenters. The molecular weight excluding hydrogens is 178 g/mol. The highest BCUT2D eigenvalue weighted by molar-refractivity contribution is 5.72. The molecule has 3 N–H and O–H groups in total. The van der Waals surface area contributed by atoms with E-state index in [4.69, 9.17) is 5.73 Å². The topological polar surface area (TPSA) is 58.4 Å². The van der Waals surface area contributed by atoms with Gasteiger partial charge in [0.25, 0.3) is 0 Å². The third-order valence-electron chi connectivity index (χ3n) is 3.38. The first-order valence-corrected chi connectivity index (χ1v) is 5.56. The van der Waals surface area contributed by atoms with Gasteiger partial charge in [0.05, 0.1) is 0 Å². The van der Waals surface area contributed by atoms with Crippen LogP contribution in [-0.4, -0.2) is 36.1 Å². The third kappa shape index (κ3) is 2.18. The first kappa shape index (κ1) is 9.77. The summed E-state index contributed by atoms with van der Waals surface area (Å²) in [6.45, 7) is 1.64. The Hall–Kier alpha value is -0.770. The Morgan fingerprint density at radius 3 is 2.14 bits per heavy atom. The van der Waals surface area contributed by atoms with Crippen molar-refractivity contribution >= 4 is 6.03 Å². The zero-order valence-electron chi connectivity index (χ0n) is 8.54. The number of nitrogens with two attached hydrogens (primary N) is 1. The number of rotatable bonds is 2. The SMILES string of the molecule is NC(=O)N1CCC(NC2CCC2)CC1. The number of carbonyl (C=O) groups excluding carboxylic acids is 1. The molecule has 0 aromatic heterocycles. The van der Waals surface area contributed by atoms with Gasteiger partial charge in [0.2, 0.25) is 0 Å². The van der Waals surface area contributed by atoms with E-state index < -0.39 is 0 Å². The summed E-state index contributed by atoms with van der Waals surface area (Å²) in [5.74, 6) is 0. The number of urea groups is 1. The van der Waals surface area contributed by atoms with Gasteiger partial charge in [-0.1, -0.05) is 6.42 Å². The first-order chi connectivity index (χ1) is 6.75. The van der Waals surface area contributed by atoms with E-state index in [-0.39, 0.29) is 6.03 Å². The molecule has 0 unspecified atom stereocenters. The highest BCUT2D eigenvalue weighted by atomic mass is 16.2. The maximum atomic E-state index is 10.9. The van der Waals surface area contributed by atoms with Crippen LogP contribution < -0.4 is 11.1 Å². The van der Waals surface area contributed by atoms with E-state index in [1.807, 2.05) is 0 Å². The Bertz CT molecular complexity index is 207. The van der Waals surface area contributed by atoms with Crippen molar-refractivity contribution in [1.29, 1.82) is 0 Å². The van der Waals surface area contributed by atoms with E-state index in [0.717, 1.165) is 32.0 Å². The van der Waals surface area contributed by atoms with Crippen LogP contribution in [-0.2, 0) is 0 Å². The average Bonchev–Trinajstić information content (AvgIpc) is 2.12. The number of nitrogens with zero attached hydrogens (tertiary/aromatic N) is 1. The van der Waals surface area contributed by atoms with Crippen LogP contribution in [0.1, 0.15) is 32.1 Å². The van der Waals surface area contributed by atoms with Crippen LogP contribution in [0.4, 0.5) is 4.79 Å². The first-order valence-electron chi connectivity index (χ1n) is 5.56. The standard InChI is InChI=1S/C10H19N3O/c11-10(14)13-6-4-9(5-7-13)12-8-2-1-3-8/h8-9,12H,1-7H2,(H2,11,14). The lowest BCUT2D eigenvalue weighted by molar-refractivity contribution is 0.176. The van der Waals surface area contributed by atoms with Crippen LogP contribution in [0, 0.1) is 0 Å². The molecule has 2 amide bonds. The highest BCUT2D eigenvalue weighted by Gasteiger charge is 2.25. The highest BCUT2D eigenvalue weighted by Crippen LogP contribution is 2.21. The fourth-order valence-electron chi connectivity index (χ4n) is 2.17. The number of carbonyl (C=O) groups is 1. The number of hydrogen-bond donors (Lipinski definition) is 2. The molecule has 1 aliphatic carbocycles. The van der Waals surface area contributed by atoms with Crippen molar-refractivity contribution in [2.24, 2.45) is 5.73 Å². The summed E-state index contributed by atoms with van der Waals surface area (Å²) in [5.41, 5.74) is 5.22. The van der Waals surface area contributed by atoms with Crippen LogP contribution in [0.2, 0.25) is 0 Å². The number of nitrogens with one attached hydrogen (secondary N) is 1. The van der Waals surface area contributed by atoms with Crippen LogP contribution in [0.25, 0.3) is 0 Å². The average molecular weight is 197 g/mol. The number of primary amides is 1. The van der Waals surface area contributed by atoms with Crippen LogP contribution in [0.5, 0.6) is 0 Å². The Labute approximate surface area is 84.8 Å². The lowest BCUT2D eigenvalue weighted by Gasteiger charge is -2.36. The van der Waals surface area contributed by atoms with Crippen molar-refractivity contribution in [2.45, 2.75) is 44.2 Å². The smallest absolute Gasteiger partial charge is 0.314 e. The molecule has 0 aromatic rings. The molecule has 0 aromatic carbocycles. The minimum Gasteiger partial charge on any atom is -0.351 e. The summed E-state index contributed by atoms with van der Waals surface area (Å²) in [7, 11) is 0. The second-order valence-electron chi connectivity index (χ2n) is 4.39. The molecule has 80 valence electrons. The molecule has 2 rings (SSSR count). The molecule has 4 heteroatoms. The van der Waals surface area contributed by atoms with Crippen LogP contribution in [0.15, 0.2) is 0 Å². The summed E-state index contributed by atoms with van der Waals surface area (Å²) < 4.78 is 0. The van der Waals surface area contributed by atoms with E-state index >= 15 is 0 Å². The molecule has 1 aliphatic heterocycles. The number of likely N-dealkylation sites (tertiary alicyclic amines) is 1. The van der Waals surface area contributed by atoms with Crippen molar-refractivity contribution in [3.8, 4) is 0 Å². The molecule has 1 heterocycles. The molecule has 2 fully saturated rings. The van der Waals surface area contributed by atoms with Gasteiger partial charge in [-0.25, -0.2) is 4.79 Å². The van der Waals surface area contributed by atoms with E-state index in [1.54, 1.807) is 4.90 Å². The Balaban J connectivity index is 1.69. The van der Waals surface area contributed by atoms with Crippen molar-refractivity contribution < 1.29 is 4.79 Å². The number of piperidine rings is 1. The van der Waals surface area contributed by atoms with E-state index in [0.29, 0.717) is 6.04 Å². The molecule has 2 aliphatic rings. The Morgan fingerprint density at radius 1 is 1.14 bits per heavy atom. The summed E-state index contributed by atoms with van der Waals surface area (Å²) in [4.78, 5) is 12.6. The van der Waals surface area contributed by atoms with Gasteiger partial charge in [-0.3, -0.25) is 0 Å². The minimum atomic E-state index is -0.271. The third-order valence-corrected chi connectivity index (χ3v) is 3.38. The van der Waals surface area contributed by atoms with Gasteiger partial charge in [0, 0.05) is 25.2 Å². The van der Waals surface area contributed by atoms with Gasteiger partial charge in [0.1, 0.15) is 0 Å². The summed E-state index contributed by atoms with van der Waals surface area (Å²) in [6, 6.07) is 1.09. The normalized spacial score (nSPS) is 24.7. The van der Waals surface area contributed by atoms with Crippen LogP contribution >= 0.6 is 0 Å². The molecule has 0 radical (unpaired) electrons. The molecular formula is C10H19N3O. The monoisotopic (exact) mass is 197 g/mol. The van der Waals surface area contributed by atoms with Crippen molar-refractivity contribution in [2.75, 3.05) is 13.1 Å². The summed E-state index contributed by atoms with van der Waals surface area (Å²) in [6.07, 6.45) is 6.14. The van der Waals surface area contributed by atoms with Gasteiger partial charge >= 0.3 is 6.03 Å². The van der Waals surface area contributed by atoms with Crippen LogP contribution in [0.3, 0.4) is 0 Å². The fraction of sp³-hybridized carbons (Fsp3) is 0.900. The maximum Gasteiger partial charge on any atom is 0.314 e. The van der Waals surface area contributed by atoms with E-state index in [2.05, 4.69) is 5.32 Å². The fourth-order valence-corrected chi connectivity index (χ4v) is 2.17. The van der Waals surface area contributed by atoms with Gasteiger partial charge < -0.3 is 16.0 Å². The minimum absolute atomic E-state index is 0.271. The second-order valence-corrected chi connectivity index (χ2v) is 4.39. The molecule has 4 nitrogen and oxygen atoms in total. The Kier molecular flexibility index (Phi) is 2.91. The number of hydrogen-bond acceptors (Lipinski definition) is 2. The van der Waals surface area contributed by atoms with Crippen molar-refractivity contribution in [3.63, 3.8) is 0 Å². The summed E-state index contributed by atoms with van der Waals surface area (Å²) >= 11 is 0. The molecule has 0 spiro atoms. The zero-order chi connectivity index (χ0) is 9.97. The van der Waals surface area contributed by atoms with E-state index in [9.17, 15) is 4.79 Å². The molecule has 14 heavy (non-hydrogen) atoms. The van der Waals surface area contributed by atoms with Crippen molar-refractivity contribution in [1.82, 2.24) is 10.2 Å². The molecule has 0 bridgehead atoms. The molecule has 1 saturated carbocycles. The van der Waals surface area contributed by atoms with Gasteiger partial charge in [-0.15, -0.1) is 0 Å². The summed E-state index contributed by atoms with van der Waals surface area (Å²) in [5, 5.41) is 3.64. The zero-order valence-corrected chi connectivity index (χ0v) is 8.54. The predicted molar refractivity (Wildman–Crippen MR) is 55.0 cm³/mol. The van der Waals surface area contributed by atoms with Gasteiger partial charge in [-0.05, 0) is 25.7 Å². The quantitative estimate of drug-likeness (QED) is 0.683. The number of amides is 2. The maximum absolute atomic E-state index is 10.9. The van der Waals surface area contributed by atoms with Crippen molar-refractivity contribution in [3.05, 3.63) is 0 Å².